The van der Waals surface area contributed by atoms with Crippen LogP contribution in [0.4, 0.5) is 10.5 Å². The molecule has 0 bridgehead atoms. The Hall–Kier alpha value is -4.34. The molecule has 43 heavy (non-hydrogen) atoms. The third-order valence-corrected chi connectivity index (χ3v) is 7.84. The molecule has 2 aromatic rings. The van der Waals surface area contributed by atoms with Gasteiger partial charge in [-0.15, -0.1) is 0 Å². The first-order valence-corrected chi connectivity index (χ1v) is 14.8. The second-order valence-corrected chi connectivity index (χ2v) is 11.0. The molecule has 2 saturated heterocycles. The van der Waals surface area contributed by atoms with Crippen LogP contribution in [-0.2, 0) is 25.7 Å². The van der Waals surface area contributed by atoms with Crippen molar-refractivity contribution in [3.8, 4) is 0 Å². The molecule has 0 radical (unpaired) electrons. The van der Waals surface area contributed by atoms with Crippen LogP contribution in [0.15, 0.2) is 72.8 Å². The van der Waals surface area contributed by atoms with E-state index in [4.69, 9.17) is 0 Å². The number of likely N-dealkylation sites (tertiary alicyclic amines) is 1. The largest absolute Gasteiger partial charge is 0.468 e. The molecule has 3 aliphatic rings. The van der Waals surface area contributed by atoms with Crippen LogP contribution >= 0.6 is 0 Å². The van der Waals surface area contributed by atoms with Crippen molar-refractivity contribution in [3.63, 3.8) is 0 Å². The number of anilines is 1. The van der Waals surface area contributed by atoms with Gasteiger partial charge in [0.15, 0.2) is 0 Å². The van der Waals surface area contributed by atoms with Gasteiger partial charge >= 0.3 is 12.0 Å². The standard InChI is InChI=1S/C22H26N4O2.C6H10.C5H9NO3/c1-23-21(28)24-14-12-22(13-15-24)20(27)25(16-18-8-4-2-5-9-18)17-26(22)19-10-6-3-7-11-19;1-6-4-2-3-5-6;1-4(7)6-3-5(8)9-2/h2-11H,12-17H2,1H3,(H,23,28);2-3,6H,4-5H2,1H3;3H2,1-2H3,(H,6,7). The van der Waals surface area contributed by atoms with Crippen molar-refractivity contribution < 1.29 is 23.9 Å². The summed E-state index contributed by atoms with van der Waals surface area (Å²) < 4.78 is 4.25. The van der Waals surface area contributed by atoms with Crippen molar-refractivity contribution in [1.82, 2.24) is 20.4 Å². The lowest BCUT2D eigenvalue weighted by molar-refractivity contribution is -0.141. The van der Waals surface area contributed by atoms with E-state index in [-0.39, 0.29) is 24.4 Å². The number of piperidine rings is 1. The van der Waals surface area contributed by atoms with Gasteiger partial charge in [0.25, 0.3) is 0 Å². The van der Waals surface area contributed by atoms with Gasteiger partial charge in [-0.2, -0.15) is 0 Å². The fourth-order valence-corrected chi connectivity index (χ4v) is 5.39. The number of carbonyl (C=O) groups excluding carboxylic acids is 4. The highest BCUT2D eigenvalue weighted by atomic mass is 16.5. The summed E-state index contributed by atoms with van der Waals surface area (Å²) in [5, 5.41) is 4.97. The van der Waals surface area contributed by atoms with Crippen LogP contribution in [0.5, 0.6) is 0 Å². The maximum atomic E-state index is 13.6. The Labute approximate surface area is 255 Å². The number of nitrogens with zero attached hydrogens (tertiary/aromatic N) is 3. The summed E-state index contributed by atoms with van der Waals surface area (Å²) in [7, 11) is 2.91. The average molecular weight is 592 g/mol. The first kappa shape index (κ1) is 33.2. The molecular weight excluding hydrogens is 546 g/mol. The normalized spacial score (nSPS) is 17.0. The first-order valence-electron chi connectivity index (χ1n) is 14.8. The lowest BCUT2D eigenvalue weighted by Crippen LogP contribution is -2.58. The number of methoxy groups -OCH3 is 1. The topological polar surface area (TPSA) is 111 Å². The Kier molecular flexibility index (Phi) is 12.6. The third-order valence-electron chi connectivity index (χ3n) is 7.84. The third kappa shape index (κ3) is 9.33. The van der Waals surface area contributed by atoms with Crippen LogP contribution < -0.4 is 15.5 Å². The van der Waals surface area contributed by atoms with Gasteiger partial charge in [0, 0.05) is 39.3 Å². The molecule has 0 atom stereocenters. The fourth-order valence-electron chi connectivity index (χ4n) is 5.39. The molecule has 10 heteroatoms. The summed E-state index contributed by atoms with van der Waals surface area (Å²) >= 11 is 0. The lowest BCUT2D eigenvalue weighted by atomic mass is 9.85. The smallest absolute Gasteiger partial charge is 0.325 e. The first-order chi connectivity index (χ1) is 20.7. The van der Waals surface area contributed by atoms with Crippen LogP contribution in [0.1, 0.15) is 45.1 Å². The minimum atomic E-state index is -0.583. The molecule has 2 N–H and O–H groups in total. The molecule has 1 spiro atoms. The van der Waals surface area contributed by atoms with Gasteiger partial charge in [-0.1, -0.05) is 67.6 Å². The van der Waals surface area contributed by atoms with E-state index < -0.39 is 11.5 Å². The van der Waals surface area contributed by atoms with Crippen LogP contribution in [0.2, 0.25) is 0 Å². The highest BCUT2D eigenvalue weighted by Crippen LogP contribution is 2.40. The quantitative estimate of drug-likeness (QED) is 0.403. The second kappa shape index (κ2) is 16.3. The molecule has 10 nitrogen and oxygen atoms in total. The number of ether oxygens (including phenoxy) is 1. The summed E-state index contributed by atoms with van der Waals surface area (Å²) in [4.78, 5) is 52.0. The molecule has 0 unspecified atom stereocenters. The summed E-state index contributed by atoms with van der Waals surface area (Å²) in [5.74, 6) is 0.423. The van der Waals surface area contributed by atoms with E-state index in [2.05, 4.69) is 63.6 Å². The van der Waals surface area contributed by atoms with E-state index in [1.807, 2.05) is 41.3 Å². The van der Waals surface area contributed by atoms with Gasteiger partial charge < -0.3 is 30.1 Å². The summed E-state index contributed by atoms with van der Waals surface area (Å²) in [5.41, 5.74) is 1.60. The summed E-state index contributed by atoms with van der Waals surface area (Å²) in [6.45, 7) is 5.89. The molecule has 232 valence electrons. The van der Waals surface area contributed by atoms with E-state index in [9.17, 15) is 19.2 Å². The van der Waals surface area contributed by atoms with Crippen molar-refractivity contribution in [3.05, 3.63) is 78.4 Å². The van der Waals surface area contributed by atoms with Crippen molar-refractivity contribution >= 4 is 29.5 Å². The molecular formula is C33H45N5O5. The minimum Gasteiger partial charge on any atom is -0.468 e. The fraction of sp³-hybridized carbons (Fsp3) is 0.455. The molecule has 2 heterocycles. The maximum absolute atomic E-state index is 13.6. The van der Waals surface area contributed by atoms with Gasteiger partial charge in [-0.3, -0.25) is 14.4 Å². The number of benzene rings is 2. The Morgan fingerprint density at radius 3 is 2.02 bits per heavy atom. The number of urea groups is 1. The van der Waals surface area contributed by atoms with Crippen LogP contribution in [0.3, 0.4) is 0 Å². The SMILES string of the molecule is CC1CC=CC1.CNC(=O)N1CCC2(CC1)C(=O)N(Cc1ccccc1)CN2c1ccccc1.COC(=O)CNC(C)=O. The Morgan fingerprint density at radius 1 is 0.953 bits per heavy atom. The molecule has 0 aromatic heterocycles. The Bertz CT molecular complexity index is 1220. The number of para-hydroxylation sites is 1. The van der Waals surface area contributed by atoms with Crippen LogP contribution in [0, 0.1) is 5.92 Å². The van der Waals surface area contributed by atoms with Gasteiger partial charge in [0.05, 0.1) is 13.8 Å². The van der Waals surface area contributed by atoms with E-state index >= 15 is 0 Å². The highest BCUT2D eigenvalue weighted by Gasteiger charge is 2.54. The average Bonchev–Trinajstić information content (AvgIpc) is 3.62. The monoisotopic (exact) mass is 591 g/mol. The van der Waals surface area contributed by atoms with Gasteiger partial charge in [-0.25, -0.2) is 4.79 Å². The minimum absolute atomic E-state index is 0.0498. The summed E-state index contributed by atoms with van der Waals surface area (Å²) in [6.07, 6.45) is 8.40. The number of hydrogen-bond donors (Lipinski definition) is 2. The number of amides is 4. The van der Waals surface area contributed by atoms with Crippen molar-refractivity contribution in [2.75, 3.05) is 45.4 Å². The number of hydrogen-bond acceptors (Lipinski definition) is 6. The van der Waals surface area contributed by atoms with Gasteiger partial charge in [0.1, 0.15) is 12.1 Å². The number of allylic oxidation sites excluding steroid dienone is 2. The molecule has 0 saturated carbocycles. The second-order valence-electron chi connectivity index (χ2n) is 11.0. The number of nitrogens with one attached hydrogen (secondary N) is 2. The summed E-state index contributed by atoms with van der Waals surface area (Å²) in [6, 6.07) is 20.2. The van der Waals surface area contributed by atoms with E-state index in [0.717, 1.165) is 17.2 Å². The number of esters is 1. The highest BCUT2D eigenvalue weighted by molar-refractivity contribution is 5.94. The Morgan fingerprint density at radius 2 is 1.53 bits per heavy atom. The van der Waals surface area contributed by atoms with Gasteiger partial charge in [0.2, 0.25) is 11.8 Å². The van der Waals surface area contributed by atoms with E-state index in [1.165, 1.54) is 26.9 Å². The molecule has 2 aromatic carbocycles. The molecule has 2 fully saturated rings. The zero-order valence-corrected chi connectivity index (χ0v) is 25.8. The van der Waals surface area contributed by atoms with E-state index in [1.54, 1.807) is 11.9 Å². The van der Waals surface area contributed by atoms with E-state index in [0.29, 0.717) is 39.1 Å². The molecule has 2 aliphatic heterocycles. The predicted octanol–water partition coefficient (Wildman–Crippen LogP) is 3.93. The molecule has 1 aliphatic carbocycles. The van der Waals surface area contributed by atoms with Crippen LogP contribution in [-0.4, -0.2) is 79.6 Å². The maximum Gasteiger partial charge on any atom is 0.325 e. The van der Waals surface area contributed by atoms with Crippen LogP contribution in [0.25, 0.3) is 0 Å². The van der Waals surface area contributed by atoms with Gasteiger partial charge in [-0.05, 0) is 49.3 Å². The zero-order chi connectivity index (χ0) is 31.2. The Balaban J connectivity index is 0.000000277. The predicted molar refractivity (Wildman–Crippen MR) is 167 cm³/mol. The van der Waals surface area contributed by atoms with Crippen molar-refractivity contribution in [1.29, 1.82) is 0 Å². The lowest BCUT2D eigenvalue weighted by Gasteiger charge is -2.43. The van der Waals surface area contributed by atoms with Crippen molar-refractivity contribution in [2.24, 2.45) is 5.92 Å². The zero-order valence-electron chi connectivity index (χ0n) is 25.8. The number of carbonyl (C=O) groups is 4. The van der Waals surface area contributed by atoms with Crippen molar-refractivity contribution in [2.45, 2.75) is 51.6 Å². The molecule has 5 rings (SSSR count). The molecule has 4 amide bonds. The number of rotatable bonds is 5.